The first kappa shape index (κ1) is 21.5. The molecule has 0 spiro atoms. The summed E-state index contributed by atoms with van der Waals surface area (Å²) in [5.74, 6) is 12.1. The molecule has 9 rings (SSSR count). The van der Waals surface area contributed by atoms with Gasteiger partial charge in [-0.3, -0.25) is 9.69 Å². The number of ether oxygens (including phenoxy) is 3. The highest BCUT2D eigenvalue weighted by atomic mass is 16.6. The van der Waals surface area contributed by atoms with Crippen molar-refractivity contribution < 1.29 is 23.8 Å². The fourth-order valence-electron chi connectivity index (χ4n) is 12.9. The summed E-state index contributed by atoms with van der Waals surface area (Å²) in [6, 6.07) is 0. The van der Waals surface area contributed by atoms with Crippen molar-refractivity contribution in [1.82, 2.24) is 4.90 Å². The summed E-state index contributed by atoms with van der Waals surface area (Å²) >= 11 is 0. The van der Waals surface area contributed by atoms with Crippen molar-refractivity contribution in [3.8, 4) is 0 Å². The third kappa shape index (κ3) is 2.76. The second-order valence-electron chi connectivity index (χ2n) is 14.0. The average Bonchev–Trinajstić information content (AvgIpc) is 3.72. The third-order valence-corrected chi connectivity index (χ3v) is 13.2. The molecule has 1 saturated heterocycles. The first-order valence-electron chi connectivity index (χ1n) is 15.0. The highest BCUT2D eigenvalue weighted by molar-refractivity contribution is 5.77. The molecule has 1 aliphatic heterocycles. The molecule has 15 unspecified atom stereocenters. The monoisotopic (exact) mass is 493 g/mol. The van der Waals surface area contributed by atoms with Crippen molar-refractivity contribution in [2.75, 3.05) is 39.5 Å². The first-order chi connectivity index (χ1) is 17.7. The standard InChI is InChI=1S/C30H39NO5/c32-23(12-31-3-5-34-6-4-31)35-13-24(33)36-22-9-16-8-17(22)28-21-11-20(27(16)28)29-18-10-19(30(21)29)26-15-2-1-14(7-15)25(18)26/h1-2,14-22,25-30H,3-13H2. The Morgan fingerprint density at radius 2 is 1.36 bits per heavy atom. The van der Waals surface area contributed by atoms with E-state index in [9.17, 15) is 9.59 Å². The van der Waals surface area contributed by atoms with E-state index in [2.05, 4.69) is 12.2 Å². The number of carbonyl (C=O) groups is 2. The van der Waals surface area contributed by atoms with Crippen LogP contribution >= 0.6 is 0 Å². The van der Waals surface area contributed by atoms with Crippen LogP contribution in [-0.4, -0.2) is 62.4 Å². The minimum absolute atomic E-state index is 0.0521. The van der Waals surface area contributed by atoms with Crippen molar-refractivity contribution in [3.05, 3.63) is 12.2 Å². The van der Waals surface area contributed by atoms with Crippen LogP contribution in [0.2, 0.25) is 0 Å². The van der Waals surface area contributed by atoms with Gasteiger partial charge in [0.1, 0.15) is 6.10 Å². The van der Waals surface area contributed by atoms with Crippen molar-refractivity contribution in [2.24, 2.45) is 82.9 Å². The zero-order valence-electron chi connectivity index (χ0n) is 21.1. The van der Waals surface area contributed by atoms with Crippen LogP contribution in [0.4, 0.5) is 0 Å². The molecular formula is C30H39NO5. The molecule has 6 heteroatoms. The molecule has 8 aliphatic carbocycles. The Labute approximate surface area is 213 Å². The quantitative estimate of drug-likeness (QED) is 0.333. The molecule has 0 aromatic heterocycles. The minimum Gasteiger partial charge on any atom is -0.460 e. The number of carbonyl (C=O) groups excluding carboxylic acids is 2. The summed E-state index contributed by atoms with van der Waals surface area (Å²) in [5.41, 5.74) is 0. The van der Waals surface area contributed by atoms with Gasteiger partial charge in [0.15, 0.2) is 6.61 Å². The Kier molecular flexibility index (Phi) is 4.54. The number of fused-ring (bicyclic) bond motifs is 23. The van der Waals surface area contributed by atoms with Gasteiger partial charge in [0.25, 0.3) is 0 Å². The normalized spacial score (nSPS) is 56.3. The number of rotatable bonds is 5. The smallest absolute Gasteiger partial charge is 0.344 e. The Morgan fingerprint density at radius 1 is 0.722 bits per heavy atom. The van der Waals surface area contributed by atoms with Gasteiger partial charge in [-0.15, -0.1) is 0 Å². The van der Waals surface area contributed by atoms with Crippen molar-refractivity contribution in [2.45, 2.75) is 38.2 Å². The summed E-state index contributed by atoms with van der Waals surface area (Å²) in [5, 5.41) is 0. The van der Waals surface area contributed by atoms with Gasteiger partial charge in [-0.25, -0.2) is 4.79 Å². The van der Waals surface area contributed by atoms with E-state index in [1.165, 1.54) is 25.7 Å². The molecule has 8 fully saturated rings. The fraction of sp³-hybridized carbons (Fsp3) is 0.867. The summed E-state index contributed by atoms with van der Waals surface area (Å²) in [4.78, 5) is 26.9. The lowest BCUT2D eigenvalue weighted by molar-refractivity contribution is -0.167. The van der Waals surface area contributed by atoms with Gasteiger partial charge in [-0.2, -0.15) is 0 Å². The topological polar surface area (TPSA) is 65.1 Å². The summed E-state index contributed by atoms with van der Waals surface area (Å²) in [6.07, 6.45) is 12.0. The van der Waals surface area contributed by atoms with Crippen LogP contribution in [0.3, 0.4) is 0 Å². The number of morpholine rings is 1. The summed E-state index contributed by atoms with van der Waals surface area (Å²) in [7, 11) is 0. The van der Waals surface area contributed by atoms with Gasteiger partial charge < -0.3 is 14.2 Å². The highest BCUT2D eigenvalue weighted by Gasteiger charge is 2.76. The molecule has 194 valence electrons. The third-order valence-electron chi connectivity index (χ3n) is 13.2. The lowest BCUT2D eigenvalue weighted by atomic mass is 9.55. The van der Waals surface area contributed by atoms with Crippen LogP contribution in [0.25, 0.3) is 0 Å². The van der Waals surface area contributed by atoms with Gasteiger partial charge in [-0.1, -0.05) is 12.2 Å². The van der Waals surface area contributed by atoms with Crippen molar-refractivity contribution in [3.63, 3.8) is 0 Å². The number of hydrogen-bond acceptors (Lipinski definition) is 6. The first-order valence-corrected chi connectivity index (χ1v) is 15.0. The largest absolute Gasteiger partial charge is 0.460 e. The van der Waals surface area contributed by atoms with E-state index < -0.39 is 0 Å². The van der Waals surface area contributed by atoms with E-state index in [1.54, 1.807) is 0 Å². The Hall–Kier alpha value is -1.40. The average molecular weight is 494 g/mol. The predicted molar refractivity (Wildman–Crippen MR) is 129 cm³/mol. The molecule has 36 heavy (non-hydrogen) atoms. The molecular weight excluding hydrogens is 454 g/mol. The van der Waals surface area contributed by atoms with E-state index in [0.29, 0.717) is 19.1 Å². The van der Waals surface area contributed by atoms with E-state index in [4.69, 9.17) is 14.2 Å². The molecule has 6 nitrogen and oxygen atoms in total. The zero-order valence-corrected chi connectivity index (χ0v) is 21.1. The molecule has 1 heterocycles. The highest BCUT2D eigenvalue weighted by Crippen LogP contribution is 2.80. The summed E-state index contributed by atoms with van der Waals surface area (Å²) in [6.45, 7) is 2.74. The Morgan fingerprint density at radius 3 is 2.08 bits per heavy atom. The van der Waals surface area contributed by atoms with Crippen LogP contribution in [0.15, 0.2) is 12.2 Å². The van der Waals surface area contributed by atoms with E-state index in [-0.39, 0.29) is 31.2 Å². The Balaban J connectivity index is 0.850. The van der Waals surface area contributed by atoms with Gasteiger partial charge in [0, 0.05) is 13.1 Å². The number of hydrogen-bond donors (Lipinski definition) is 0. The maximum absolute atomic E-state index is 12.7. The van der Waals surface area contributed by atoms with Gasteiger partial charge in [-0.05, 0) is 115 Å². The van der Waals surface area contributed by atoms with Gasteiger partial charge in [0.2, 0.25) is 0 Å². The van der Waals surface area contributed by atoms with E-state index >= 15 is 0 Å². The zero-order chi connectivity index (χ0) is 23.7. The van der Waals surface area contributed by atoms with Crippen molar-refractivity contribution in [1.29, 1.82) is 0 Å². The molecule has 7 saturated carbocycles. The lowest BCUT2D eigenvalue weighted by Gasteiger charge is -2.50. The maximum Gasteiger partial charge on any atom is 0.344 e. The fourth-order valence-corrected chi connectivity index (χ4v) is 12.9. The molecule has 9 aliphatic rings. The van der Waals surface area contributed by atoms with Gasteiger partial charge >= 0.3 is 11.9 Å². The van der Waals surface area contributed by atoms with Crippen LogP contribution in [-0.2, 0) is 23.8 Å². The van der Waals surface area contributed by atoms with Crippen LogP contribution < -0.4 is 0 Å². The molecule has 15 atom stereocenters. The second-order valence-corrected chi connectivity index (χ2v) is 14.0. The SMILES string of the molecule is O=C(CN1CCOCC1)OCC(=O)OC1CC2CC1C1C3CC(C21)C1C2CC(C4C5C=CC(C5)C24)C31. The number of esters is 2. The van der Waals surface area contributed by atoms with E-state index in [0.717, 1.165) is 96.4 Å². The lowest BCUT2D eigenvalue weighted by Crippen LogP contribution is -2.48. The number of allylic oxidation sites excluding steroid dienone is 2. The van der Waals surface area contributed by atoms with E-state index in [1.807, 2.05) is 4.90 Å². The minimum atomic E-state index is -0.350. The van der Waals surface area contributed by atoms with Crippen molar-refractivity contribution >= 4 is 11.9 Å². The van der Waals surface area contributed by atoms with Crippen LogP contribution in [0.5, 0.6) is 0 Å². The molecule has 0 N–H and O–H groups in total. The molecule has 8 bridgehead atoms. The van der Waals surface area contributed by atoms with Crippen LogP contribution in [0, 0.1) is 82.9 Å². The molecule has 0 radical (unpaired) electrons. The summed E-state index contributed by atoms with van der Waals surface area (Å²) < 4.78 is 16.6. The number of nitrogens with zero attached hydrogens (tertiary/aromatic N) is 1. The predicted octanol–water partition coefficient (Wildman–Crippen LogP) is 3.02. The van der Waals surface area contributed by atoms with Gasteiger partial charge in [0.05, 0.1) is 19.8 Å². The molecule has 0 amide bonds. The van der Waals surface area contributed by atoms with Crippen LogP contribution in [0.1, 0.15) is 32.1 Å². The maximum atomic E-state index is 12.7. The molecule has 0 aromatic carbocycles. The Bertz CT molecular complexity index is 1010. The molecule has 0 aromatic rings. The second kappa shape index (κ2) is 7.59.